The number of rotatable bonds is 3. The van der Waals surface area contributed by atoms with Crippen molar-refractivity contribution in [2.75, 3.05) is 0 Å². The van der Waals surface area contributed by atoms with Crippen LogP contribution in [0.25, 0.3) is 27.8 Å². The van der Waals surface area contributed by atoms with Crippen molar-refractivity contribution in [3.05, 3.63) is 78.9 Å². The van der Waals surface area contributed by atoms with Gasteiger partial charge in [0.1, 0.15) is 5.75 Å². The van der Waals surface area contributed by atoms with Gasteiger partial charge in [-0.1, -0.05) is 42.5 Å². The van der Waals surface area contributed by atoms with Crippen molar-refractivity contribution in [2.24, 2.45) is 0 Å². The maximum Gasteiger partial charge on any atom is 0.436 e. The Hall–Kier alpha value is -3.77. The third-order valence-corrected chi connectivity index (χ3v) is 4.27. The van der Waals surface area contributed by atoms with Crippen molar-refractivity contribution in [2.45, 2.75) is 0 Å². The highest BCUT2D eigenvalue weighted by Gasteiger charge is 2.23. The maximum atomic E-state index is 11.8. The summed E-state index contributed by atoms with van der Waals surface area (Å²) in [7, 11) is 0. The van der Waals surface area contributed by atoms with Gasteiger partial charge in [0.2, 0.25) is 0 Å². The first-order chi connectivity index (χ1) is 13.2. The lowest BCUT2D eigenvalue weighted by atomic mass is 10.1. The zero-order chi connectivity index (χ0) is 18.8. The standard InChI is InChI=1S/C21H16N2O4/c24-16-12-10-15(11-13-16)23-18-9-5-4-8-17(18)20(27-21(25)22-26)19(23)14-6-2-1-3-7-14/h1-13,24,26H,(H,22,25). The summed E-state index contributed by atoms with van der Waals surface area (Å²) in [5, 5.41) is 19.3. The van der Waals surface area contributed by atoms with Gasteiger partial charge in [0.05, 0.1) is 11.2 Å². The molecule has 0 saturated heterocycles. The average Bonchev–Trinajstić information content (AvgIpc) is 3.03. The average molecular weight is 360 g/mol. The summed E-state index contributed by atoms with van der Waals surface area (Å²) in [4.78, 5) is 11.8. The number of amides is 1. The SMILES string of the molecule is O=C(NO)Oc1c(-c2ccccc2)n(-c2ccc(O)cc2)c2ccccc12. The first-order valence-electron chi connectivity index (χ1n) is 8.29. The number of hydrogen-bond donors (Lipinski definition) is 3. The number of para-hydroxylation sites is 1. The molecule has 0 aliphatic heterocycles. The van der Waals surface area contributed by atoms with E-state index in [9.17, 15) is 9.90 Å². The largest absolute Gasteiger partial charge is 0.508 e. The summed E-state index contributed by atoms with van der Waals surface area (Å²) in [6, 6.07) is 23.8. The van der Waals surface area contributed by atoms with E-state index in [1.165, 1.54) is 5.48 Å². The third-order valence-electron chi connectivity index (χ3n) is 4.27. The van der Waals surface area contributed by atoms with Gasteiger partial charge in [-0.2, -0.15) is 0 Å². The number of fused-ring (bicyclic) bond motifs is 1. The van der Waals surface area contributed by atoms with E-state index in [0.717, 1.165) is 16.8 Å². The number of ether oxygens (including phenoxy) is 1. The summed E-state index contributed by atoms with van der Waals surface area (Å²) < 4.78 is 7.37. The van der Waals surface area contributed by atoms with E-state index < -0.39 is 6.09 Å². The number of nitrogens with zero attached hydrogens (tertiary/aromatic N) is 1. The van der Waals surface area contributed by atoms with Gasteiger partial charge < -0.3 is 14.4 Å². The van der Waals surface area contributed by atoms with E-state index >= 15 is 0 Å². The van der Waals surface area contributed by atoms with E-state index in [4.69, 9.17) is 9.94 Å². The van der Waals surface area contributed by atoms with Crippen molar-refractivity contribution in [1.82, 2.24) is 10.0 Å². The van der Waals surface area contributed by atoms with Crippen molar-refractivity contribution in [3.8, 4) is 28.4 Å². The van der Waals surface area contributed by atoms with Crippen LogP contribution in [0.4, 0.5) is 4.79 Å². The normalized spacial score (nSPS) is 10.7. The molecule has 3 aromatic carbocycles. The molecule has 4 rings (SSSR count). The van der Waals surface area contributed by atoms with E-state index in [0.29, 0.717) is 16.8 Å². The lowest BCUT2D eigenvalue weighted by Crippen LogP contribution is -2.23. The zero-order valence-electron chi connectivity index (χ0n) is 14.2. The van der Waals surface area contributed by atoms with Crippen LogP contribution in [0.1, 0.15) is 0 Å². The van der Waals surface area contributed by atoms with Gasteiger partial charge in [-0.15, -0.1) is 0 Å². The Morgan fingerprint density at radius 2 is 1.56 bits per heavy atom. The highest BCUT2D eigenvalue weighted by atomic mass is 16.6. The molecule has 0 radical (unpaired) electrons. The molecule has 0 saturated carbocycles. The Balaban J connectivity index is 2.08. The van der Waals surface area contributed by atoms with Crippen LogP contribution >= 0.6 is 0 Å². The number of benzene rings is 3. The van der Waals surface area contributed by atoms with Crippen LogP contribution < -0.4 is 10.2 Å². The lowest BCUT2D eigenvalue weighted by Gasteiger charge is -2.12. The number of hydrogen-bond acceptors (Lipinski definition) is 4. The second-order valence-corrected chi connectivity index (χ2v) is 5.91. The highest BCUT2D eigenvalue weighted by Crippen LogP contribution is 2.42. The van der Waals surface area contributed by atoms with Crippen LogP contribution in [0.5, 0.6) is 11.5 Å². The van der Waals surface area contributed by atoms with Gasteiger partial charge in [-0.25, -0.2) is 10.3 Å². The third kappa shape index (κ3) is 2.98. The Morgan fingerprint density at radius 3 is 2.26 bits per heavy atom. The smallest absolute Gasteiger partial charge is 0.436 e. The number of hydroxylamine groups is 1. The second-order valence-electron chi connectivity index (χ2n) is 5.91. The molecule has 1 aromatic heterocycles. The fourth-order valence-electron chi connectivity index (χ4n) is 3.16. The van der Waals surface area contributed by atoms with Crippen LogP contribution in [0.2, 0.25) is 0 Å². The summed E-state index contributed by atoms with van der Waals surface area (Å²) in [6.07, 6.45) is -0.971. The molecule has 0 unspecified atom stereocenters. The van der Waals surface area contributed by atoms with Gasteiger partial charge in [-0.05, 0) is 36.4 Å². The van der Waals surface area contributed by atoms with Crippen LogP contribution in [0.15, 0.2) is 78.9 Å². The maximum absolute atomic E-state index is 11.8. The second kappa shape index (κ2) is 6.86. The van der Waals surface area contributed by atoms with E-state index in [2.05, 4.69) is 0 Å². The lowest BCUT2D eigenvalue weighted by molar-refractivity contribution is 0.128. The van der Waals surface area contributed by atoms with Gasteiger partial charge in [0.15, 0.2) is 5.75 Å². The van der Waals surface area contributed by atoms with Crippen LogP contribution in [-0.4, -0.2) is 21.0 Å². The van der Waals surface area contributed by atoms with Gasteiger partial charge in [0.25, 0.3) is 0 Å². The molecule has 1 heterocycles. The fraction of sp³-hybridized carbons (Fsp3) is 0. The molecule has 4 aromatic rings. The molecule has 27 heavy (non-hydrogen) atoms. The quantitative estimate of drug-likeness (QED) is 0.371. The van der Waals surface area contributed by atoms with Gasteiger partial charge in [-0.3, -0.25) is 5.21 Å². The number of aromatic nitrogens is 1. The molecule has 0 fully saturated rings. The minimum absolute atomic E-state index is 0.160. The summed E-state index contributed by atoms with van der Waals surface area (Å²) in [6.45, 7) is 0. The first-order valence-corrected chi connectivity index (χ1v) is 8.29. The minimum Gasteiger partial charge on any atom is -0.508 e. The highest BCUT2D eigenvalue weighted by molar-refractivity contribution is 5.98. The molecule has 0 atom stereocenters. The van der Waals surface area contributed by atoms with Crippen LogP contribution in [0.3, 0.4) is 0 Å². The van der Waals surface area contributed by atoms with Crippen LogP contribution in [0, 0.1) is 0 Å². The summed E-state index contributed by atoms with van der Waals surface area (Å²) in [5.74, 6) is 0.490. The fourth-order valence-corrected chi connectivity index (χ4v) is 3.16. The van der Waals surface area contributed by atoms with Crippen molar-refractivity contribution in [1.29, 1.82) is 0 Å². The summed E-state index contributed by atoms with van der Waals surface area (Å²) in [5.41, 5.74) is 4.62. The van der Waals surface area contributed by atoms with E-state index in [-0.39, 0.29) is 5.75 Å². The van der Waals surface area contributed by atoms with Crippen molar-refractivity contribution in [3.63, 3.8) is 0 Å². The van der Waals surface area contributed by atoms with Crippen molar-refractivity contribution >= 4 is 17.0 Å². The van der Waals surface area contributed by atoms with Crippen molar-refractivity contribution < 1.29 is 19.8 Å². The molecule has 0 aliphatic rings. The van der Waals surface area contributed by atoms with Crippen LogP contribution in [-0.2, 0) is 0 Å². The zero-order valence-corrected chi connectivity index (χ0v) is 14.2. The molecule has 1 amide bonds. The summed E-state index contributed by atoms with van der Waals surface area (Å²) >= 11 is 0. The molecular weight excluding hydrogens is 344 g/mol. The Kier molecular flexibility index (Phi) is 4.24. The Bertz CT molecular complexity index is 1100. The number of carbonyl (C=O) groups is 1. The number of aromatic hydroxyl groups is 1. The number of nitrogens with one attached hydrogen (secondary N) is 1. The topological polar surface area (TPSA) is 83.7 Å². The number of phenolic OH excluding ortho intramolecular Hbond substituents is 1. The van der Waals surface area contributed by atoms with E-state index in [1.807, 2.05) is 59.2 Å². The molecule has 3 N–H and O–H groups in total. The molecule has 0 bridgehead atoms. The molecule has 6 heteroatoms. The minimum atomic E-state index is -0.971. The molecule has 134 valence electrons. The molecule has 0 aliphatic carbocycles. The molecular formula is C21H16N2O4. The number of carbonyl (C=O) groups excluding carboxylic acids is 1. The molecule has 6 nitrogen and oxygen atoms in total. The van der Waals surface area contributed by atoms with E-state index in [1.54, 1.807) is 24.3 Å². The predicted octanol–water partition coefficient (Wildman–Crippen LogP) is 4.48. The first kappa shape index (κ1) is 16.7. The van der Waals surface area contributed by atoms with Gasteiger partial charge >= 0.3 is 6.09 Å². The predicted molar refractivity (Wildman–Crippen MR) is 101 cm³/mol. The number of phenols is 1. The molecule has 0 spiro atoms. The Labute approximate surface area is 154 Å². The monoisotopic (exact) mass is 360 g/mol. The van der Waals surface area contributed by atoms with Gasteiger partial charge in [0, 0.05) is 16.6 Å². The Morgan fingerprint density at radius 1 is 0.889 bits per heavy atom.